The Labute approximate surface area is 189 Å². The summed E-state index contributed by atoms with van der Waals surface area (Å²) in [6.45, 7) is 3.54. The minimum absolute atomic E-state index is 0.0624. The molecule has 6 heteroatoms. The average molecular weight is 481 g/mol. The number of fused-ring (bicyclic) bond motifs is 1. The van der Waals surface area contributed by atoms with Crippen LogP contribution in [0.5, 0.6) is 0 Å². The van der Waals surface area contributed by atoms with E-state index in [-0.39, 0.29) is 29.7 Å². The molecule has 31 heavy (non-hydrogen) atoms. The second-order valence-corrected chi connectivity index (χ2v) is 8.63. The molecule has 0 radical (unpaired) electrons. The van der Waals surface area contributed by atoms with Crippen molar-refractivity contribution in [2.45, 2.75) is 32.4 Å². The number of anilines is 2. The number of para-hydroxylation sites is 1. The van der Waals surface area contributed by atoms with E-state index in [0.29, 0.717) is 12.0 Å². The summed E-state index contributed by atoms with van der Waals surface area (Å²) < 4.78 is 14.2. The number of carbonyl (C=O) groups excluding carboxylic acids is 2. The number of hydrogen-bond acceptors (Lipinski definition) is 2. The van der Waals surface area contributed by atoms with Crippen molar-refractivity contribution in [3.05, 3.63) is 94.2 Å². The van der Waals surface area contributed by atoms with Crippen LogP contribution in [0.15, 0.2) is 77.3 Å². The summed E-state index contributed by atoms with van der Waals surface area (Å²) >= 11 is 3.54. The molecule has 0 saturated carbocycles. The van der Waals surface area contributed by atoms with Crippen LogP contribution in [0.1, 0.15) is 42.2 Å². The van der Waals surface area contributed by atoms with E-state index in [4.69, 9.17) is 0 Å². The predicted octanol–water partition coefficient (Wildman–Crippen LogP) is 6.12. The maximum absolute atomic E-state index is 13.4. The summed E-state index contributed by atoms with van der Waals surface area (Å²) in [6, 6.07) is 20.5. The van der Waals surface area contributed by atoms with Gasteiger partial charge in [0.2, 0.25) is 5.91 Å². The molecule has 2 atom stereocenters. The van der Waals surface area contributed by atoms with Gasteiger partial charge in [-0.05, 0) is 73.5 Å². The van der Waals surface area contributed by atoms with Crippen LogP contribution in [-0.4, -0.2) is 17.9 Å². The molecule has 0 N–H and O–H groups in total. The third kappa shape index (κ3) is 4.12. The molecule has 2 amide bonds. The molecule has 3 aromatic rings. The first-order valence-corrected chi connectivity index (χ1v) is 10.9. The lowest BCUT2D eigenvalue weighted by molar-refractivity contribution is -0.117. The number of rotatable bonds is 3. The van der Waals surface area contributed by atoms with Gasteiger partial charge in [-0.25, -0.2) is 4.39 Å². The highest BCUT2D eigenvalue weighted by Gasteiger charge is 2.38. The Morgan fingerprint density at radius 3 is 2.35 bits per heavy atom. The van der Waals surface area contributed by atoms with Crippen molar-refractivity contribution in [3.63, 3.8) is 0 Å². The molecule has 0 spiro atoms. The van der Waals surface area contributed by atoms with Gasteiger partial charge in [0.1, 0.15) is 5.82 Å². The standard InChI is InChI=1S/C25H22BrFN2O2/c1-16-14-24(29(17(2)30)21-6-4-3-5-7-21)22-15-19(26)10-13-23(22)28(16)25(31)18-8-11-20(27)12-9-18/h3-13,15-16,24H,14H2,1-2H3/t16-,24+/m0/s1. The van der Waals surface area contributed by atoms with Gasteiger partial charge in [0.05, 0.1) is 6.04 Å². The Balaban J connectivity index is 1.81. The first-order chi connectivity index (χ1) is 14.9. The number of nitrogens with zero attached hydrogens (tertiary/aromatic N) is 2. The SMILES string of the molecule is CC(=O)N(c1ccccc1)[C@@H]1C[C@H](C)N(C(=O)c2ccc(F)cc2)c2ccc(Br)cc21. The van der Waals surface area contributed by atoms with Crippen molar-refractivity contribution in [1.82, 2.24) is 0 Å². The summed E-state index contributed by atoms with van der Waals surface area (Å²) in [5, 5.41) is 0. The Bertz CT molecular complexity index is 1120. The van der Waals surface area contributed by atoms with Crippen LogP contribution in [0.3, 0.4) is 0 Å². The number of halogens is 2. The van der Waals surface area contributed by atoms with E-state index in [1.165, 1.54) is 24.3 Å². The van der Waals surface area contributed by atoms with Gasteiger partial charge in [0.25, 0.3) is 5.91 Å². The number of benzene rings is 3. The van der Waals surface area contributed by atoms with Gasteiger partial charge in [0, 0.05) is 34.4 Å². The molecule has 1 aliphatic rings. The van der Waals surface area contributed by atoms with E-state index < -0.39 is 0 Å². The van der Waals surface area contributed by atoms with Crippen LogP contribution >= 0.6 is 15.9 Å². The van der Waals surface area contributed by atoms with Crippen molar-refractivity contribution in [3.8, 4) is 0 Å². The summed E-state index contributed by atoms with van der Waals surface area (Å²) in [5.41, 5.74) is 2.88. The van der Waals surface area contributed by atoms with Crippen molar-refractivity contribution < 1.29 is 14.0 Å². The quantitative estimate of drug-likeness (QED) is 0.452. The molecule has 0 bridgehead atoms. The Morgan fingerprint density at radius 2 is 1.71 bits per heavy atom. The van der Waals surface area contributed by atoms with E-state index in [1.807, 2.05) is 55.5 Å². The molecule has 1 aliphatic heterocycles. The van der Waals surface area contributed by atoms with Crippen molar-refractivity contribution >= 4 is 39.1 Å². The molecule has 0 aliphatic carbocycles. The second kappa shape index (κ2) is 8.63. The van der Waals surface area contributed by atoms with E-state index >= 15 is 0 Å². The lowest BCUT2D eigenvalue weighted by Gasteiger charge is -2.43. The van der Waals surface area contributed by atoms with E-state index in [2.05, 4.69) is 15.9 Å². The zero-order chi connectivity index (χ0) is 22.1. The maximum atomic E-state index is 13.4. The second-order valence-electron chi connectivity index (χ2n) is 7.71. The van der Waals surface area contributed by atoms with Crippen molar-refractivity contribution in [1.29, 1.82) is 0 Å². The highest BCUT2D eigenvalue weighted by molar-refractivity contribution is 9.10. The molecule has 0 aromatic heterocycles. The minimum Gasteiger partial charge on any atom is -0.305 e. The molecule has 0 unspecified atom stereocenters. The van der Waals surface area contributed by atoms with Crippen LogP contribution in [-0.2, 0) is 4.79 Å². The van der Waals surface area contributed by atoms with Gasteiger partial charge in [0.15, 0.2) is 0 Å². The third-order valence-corrected chi connectivity index (χ3v) is 6.10. The van der Waals surface area contributed by atoms with Crippen LogP contribution in [0, 0.1) is 5.82 Å². The summed E-state index contributed by atoms with van der Waals surface area (Å²) in [6.07, 6.45) is 0.574. The first-order valence-electron chi connectivity index (χ1n) is 10.1. The van der Waals surface area contributed by atoms with Crippen LogP contribution < -0.4 is 9.80 Å². The fourth-order valence-corrected chi connectivity index (χ4v) is 4.64. The van der Waals surface area contributed by atoms with E-state index in [1.54, 1.807) is 16.7 Å². The largest absolute Gasteiger partial charge is 0.305 e. The fourth-order valence-electron chi connectivity index (χ4n) is 4.26. The molecule has 0 saturated heterocycles. The number of hydrogen-bond donors (Lipinski definition) is 0. The van der Waals surface area contributed by atoms with Crippen molar-refractivity contribution in [2.24, 2.45) is 0 Å². The lowest BCUT2D eigenvalue weighted by atomic mass is 9.89. The van der Waals surface area contributed by atoms with Gasteiger partial charge < -0.3 is 9.80 Å². The van der Waals surface area contributed by atoms with Gasteiger partial charge in [-0.3, -0.25) is 9.59 Å². The van der Waals surface area contributed by atoms with Gasteiger partial charge in [-0.1, -0.05) is 34.1 Å². The number of carbonyl (C=O) groups is 2. The summed E-state index contributed by atoms with van der Waals surface area (Å²) in [5.74, 6) is -0.635. The molecule has 4 nitrogen and oxygen atoms in total. The third-order valence-electron chi connectivity index (χ3n) is 5.61. The maximum Gasteiger partial charge on any atom is 0.258 e. The molecular formula is C25H22BrFN2O2. The summed E-state index contributed by atoms with van der Waals surface area (Å²) in [4.78, 5) is 29.6. The Morgan fingerprint density at radius 1 is 1.03 bits per heavy atom. The fraction of sp³-hybridized carbons (Fsp3) is 0.200. The highest BCUT2D eigenvalue weighted by atomic mass is 79.9. The molecular weight excluding hydrogens is 459 g/mol. The van der Waals surface area contributed by atoms with E-state index in [9.17, 15) is 14.0 Å². The molecule has 3 aromatic carbocycles. The first kappa shape index (κ1) is 21.2. The van der Waals surface area contributed by atoms with Crippen LogP contribution in [0.25, 0.3) is 0 Å². The van der Waals surface area contributed by atoms with E-state index in [0.717, 1.165) is 21.4 Å². The smallest absolute Gasteiger partial charge is 0.258 e. The highest BCUT2D eigenvalue weighted by Crippen LogP contribution is 2.43. The molecule has 0 fully saturated rings. The topological polar surface area (TPSA) is 40.6 Å². The molecule has 4 rings (SSSR count). The molecule has 1 heterocycles. The lowest BCUT2D eigenvalue weighted by Crippen LogP contribution is -2.47. The summed E-state index contributed by atoms with van der Waals surface area (Å²) in [7, 11) is 0. The van der Waals surface area contributed by atoms with Crippen LogP contribution in [0.2, 0.25) is 0 Å². The normalized spacial score (nSPS) is 17.7. The zero-order valence-electron chi connectivity index (χ0n) is 17.3. The van der Waals surface area contributed by atoms with Gasteiger partial charge in [-0.15, -0.1) is 0 Å². The monoisotopic (exact) mass is 480 g/mol. The van der Waals surface area contributed by atoms with Gasteiger partial charge >= 0.3 is 0 Å². The molecule has 158 valence electrons. The van der Waals surface area contributed by atoms with Gasteiger partial charge in [-0.2, -0.15) is 0 Å². The average Bonchev–Trinajstić information content (AvgIpc) is 2.75. The van der Waals surface area contributed by atoms with Crippen molar-refractivity contribution in [2.75, 3.05) is 9.80 Å². The Kier molecular flexibility index (Phi) is 5.92. The minimum atomic E-state index is -0.382. The van der Waals surface area contributed by atoms with Crippen LogP contribution in [0.4, 0.5) is 15.8 Å². The predicted molar refractivity (Wildman–Crippen MR) is 124 cm³/mol. The Hall–Kier alpha value is -2.99. The zero-order valence-corrected chi connectivity index (χ0v) is 18.8. The number of amides is 2.